The molecule has 0 aromatic carbocycles. The Kier molecular flexibility index (Phi) is 7.21. The average Bonchev–Trinajstić information content (AvgIpc) is 3.11. The van der Waals surface area contributed by atoms with E-state index in [4.69, 9.17) is 0 Å². The molecule has 2 aromatic rings. The van der Waals surface area contributed by atoms with Crippen LogP contribution >= 0.6 is 23.1 Å². The number of hydrogen-bond donors (Lipinski definition) is 1. The van der Waals surface area contributed by atoms with Gasteiger partial charge in [-0.2, -0.15) is 4.98 Å². The third-order valence-corrected chi connectivity index (χ3v) is 7.39. The van der Waals surface area contributed by atoms with Crippen LogP contribution < -0.4 is 15.8 Å². The lowest BCUT2D eigenvalue weighted by Crippen LogP contribution is -2.33. The fourth-order valence-electron chi connectivity index (χ4n) is 3.30. The minimum absolute atomic E-state index is 0.0408. The highest BCUT2D eigenvalue weighted by atomic mass is 32.2. The lowest BCUT2D eigenvalue weighted by molar-refractivity contribution is -0.119. The van der Waals surface area contributed by atoms with E-state index in [0.29, 0.717) is 15.5 Å². The van der Waals surface area contributed by atoms with Gasteiger partial charge in [0.15, 0.2) is 15.9 Å². The molecule has 0 radical (unpaired) electrons. The van der Waals surface area contributed by atoms with Crippen LogP contribution in [0, 0.1) is 5.92 Å². The molecule has 0 bridgehead atoms. The minimum Gasteiger partial charge on any atom is -0.353 e. The predicted molar refractivity (Wildman–Crippen MR) is 121 cm³/mol. The van der Waals surface area contributed by atoms with Crippen molar-refractivity contribution in [3.05, 3.63) is 10.4 Å². The van der Waals surface area contributed by atoms with Crippen molar-refractivity contribution in [1.29, 1.82) is 0 Å². The number of thiazole rings is 1. The number of hydrogen-bond acceptors (Lipinski definition) is 7. The SMILES string of the molecule is CC[C@@H](C)NC(=O)CSc1nc2nc(N3CCC(C)CC3)sc2c(=O)n1C(C)C. The average molecular weight is 438 g/mol. The van der Waals surface area contributed by atoms with Gasteiger partial charge >= 0.3 is 0 Å². The molecule has 0 saturated carbocycles. The minimum atomic E-state index is -0.0658. The van der Waals surface area contributed by atoms with Gasteiger partial charge in [0.2, 0.25) is 5.91 Å². The molecule has 1 fully saturated rings. The van der Waals surface area contributed by atoms with Crippen LogP contribution in [0.4, 0.5) is 5.13 Å². The molecule has 29 heavy (non-hydrogen) atoms. The van der Waals surface area contributed by atoms with E-state index < -0.39 is 0 Å². The van der Waals surface area contributed by atoms with Crippen LogP contribution in [0.25, 0.3) is 10.3 Å². The Labute approximate surface area is 180 Å². The Balaban J connectivity index is 1.88. The zero-order chi connectivity index (χ0) is 21.1. The molecule has 1 saturated heterocycles. The lowest BCUT2D eigenvalue weighted by atomic mass is 10.00. The summed E-state index contributed by atoms with van der Waals surface area (Å²) in [5.41, 5.74) is 0.430. The molecule has 0 aliphatic carbocycles. The highest BCUT2D eigenvalue weighted by Gasteiger charge is 2.23. The fourth-order valence-corrected chi connectivity index (χ4v) is 5.22. The first-order valence-electron chi connectivity index (χ1n) is 10.4. The Bertz CT molecular complexity index is 915. The van der Waals surface area contributed by atoms with E-state index in [9.17, 15) is 9.59 Å². The van der Waals surface area contributed by atoms with Crippen LogP contribution in [0.15, 0.2) is 9.95 Å². The Hall–Kier alpha value is -1.61. The number of fused-ring (bicyclic) bond motifs is 1. The summed E-state index contributed by atoms with van der Waals surface area (Å²) < 4.78 is 2.28. The number of nitrogens with one attached hydrogen (secondary N) is 1. The summed E-state index contributed by atoms with van der Waals surface area (Å²) in [6, 6.07) is 0.0973. The summed E-state index contributed by atoms with van der Waals surface area (Å²) in [5.74, 6) is 0.924. The number of anilines is 1. The van der Waals surface area contributed by atoms with Gasteiger partial charge in [-0.25, -0.2) is 4.98 Å². The van der Waals surface area contributed by atoms with Gasteiger partial charge < -0.3 is 10.2 Å². The lowest BCUT2D eigenvalue weighted by Gasteiger charge is -2.29. The molecule has 1 aliphatic heterocycles. The summed E-state index contributed by atoms with van der Waals surface area (Å²) >= 11 is 2.74. The largest absolute Gasteiger partial charge is 0.353 e. The molecular weight excluding hydrogens is 406 g/mol. The quantitative estimate of drug-likeness (QED) is 0.526. The van der Waals surface area contributed by atoms with Gasteiger partial charge in [0.05, 0.1) is 5.75 Å². The van der Waals surface area contributed by atoms with Gasteiger partial charge in [-0.1, -0.05) is 36.9 Å². The summed E-state index contributed by atoms with van der Waals surface area (Å²) in [7, 11) is 0. The third kappa shape index (κ3) is 5.12. The van der Waals surface area contributed by atoms with E-state index in [-0.39, 0.29) is 29.3 Å². The molecule has 0 unspecified atom stereocenters. The molecule has 1 atom stereocenters. The topological polar surface area (TPSA) is 80.1 Å². The molecule has 7 nitrogen and oxygen atoms in total. The fraction of sp³-hybridized carbons (Fsp3) is 0.700. The van der Waals surface area contributed by atoms with E-state index in [1.807, 2.05) is 27.7 Å². The maximum Gasteiger partial charge on any atom is 0.274 e. The molecular formula is C20H31N5O2S2. The molecule has 160 valence electrons. The smallest absolute Gasteiger partial charge is 0.274 e. The predicted octanol–water partition coefficient (Wildman–Crippen LogP) is 3.68. The Morgan fingerprint density at radius 1 is 1.28 bits per heavy atom. The van der Waals surface area contributed by atoms with E-state index in [2.05, 4.69) is 27.1 Å². The molecule has 0 spiro atoms. The van der Waals surface area contributed by atoms with Crippen molar-refractivity contribution in [3.8, 4) is 0 Å². The Morgan fingerprint density at radius 3 is 2.59 bits per heavy atom. The van der Waals surface area contributed by atoms with Crippen molar-refractivity contribution in [3.63, 3.8) is 0 Å². The van der Waals surface area contributed by atoms with Crippen molar-refractivity contribution in [1.82, 2.24) is 19.9 Å². The highest BCUT2D eigenvalue weighted by Crippen LogP contribution is 2.31. The van der Waals surface area contributed by atoms with Crippen molar-refractivity contribution >= 4 is 44.5 Å². The highest BCUT2D eigenvalue weighted by molar-refractivity contribution is 7.99. The Morgan fingerprint density at radius 2 is 1.97 bits per heavy atom. The van der Waals surface area contributed by atoms with Gasteiger partial charge in [-0.3, -0.25) is 14.2 Å². The van der Waals surface area contributed by atoms with Crippen molar-refractivity contribution < 1.29 is 4.79 Å². The molecule has 9 heteroatoms. The van der Waals surface area contributed by atoms with Gasteiger partial charge in [0, 0.05) is 25.2 Å². The maximum absolute atomic E-state index is 13.2. The number of thioether (sulfide) groups is 1. The van der Waals surface area contributed by atoms with Gasteiger partial charge in [0.1, 0.15) is 4.70 Å². The number of amides is 1. The van der Waals surface area contributed by atoms with Crippen LogP contribution in [0.5, 0.6) is 0 Å². The van der Waals surface area contributed by atoms with E-state index >= 15 is 0 Å². The van der Waals surface area contributed by atoms with Crippen molar-refractivity contribution in [2.45, 2.75) is 71.1 Å². The van der Waals surface area contributed by atoms with Crippen molar-refractivity contribution in [2.75, 3.05) is 23.7 Å². The van der Waals surface area contributed by atoms with E-state index in [1.165, 1.54) is 23.1 Å². The summed E-state index contributed by atoms with van der Waals surface area (Å²) in [4.78, 5) is 37.0. The second kappa shape index (κ2) is 9.47. The van der Waals surface area contributed by atoms with Crippen LogP contribution in [0.1, 0.15) is 59.9 Å². The first-order valence-corrected chi connectivity index (χ1v) is 12.2. The molecule has 3 heterocycles. The molecule has 2 aromatic heterocycles. The van der Waals surface area contributed by atoms with Crippen LogP contribution in [0.3, 0.4) is 0 Å². The zero-order valence-corrected chi connectivity index (χ0v) is 19.5. The van der Waals surface area contributed by atoms with Gasteiger partial charge in [-0.15, -0.1) is 0 Å². The molecule has 3 rings (SSSR count). The first-order chi connectivity index (χ1) is 13.8. The summed E-state index contributed by atoms with van der Waals surface area (Å²) in [6.45, 7) is 12.2. The zero-order valence-electron chi connectivity index (χ0n) is 17.9. The summed E-state index contributed by atoms with van der Waals surface area (Å²) in [6.07, 6.45) is 3.17. The van der Waals surface area contributed by atoms with E-state index in [0.717, 1.165) is 43.4 Å². The standard InChI is InChI=1S/C20H31N5O2S2/c1-6-14(5)21-15(26)11-28-20-23-17-16(18(27)25(20)12(2)3)29-19(22-17)24-9-7-13(4)8-10-24/h12-14H,6-11H2,1-5H3,(H,21,26)/t14-/m1/s1. The monoisotopic (exact) mass is 437 g/mol. The van der Waals surface area contributed by atoms with Crippen LogP contribution in [0.2, 0.25) is 0 Å². The van der Waals surface area contributed by atoms with Gasteiger partial charge in [-0.05, 0) is 46.0 Å². The second-order valence-electron chi connectivity index (χ2n) is 8.15. The number of carbonyl (C=O) groups excluding carboxylic acids is 1. The molecule has 1 aliphatic rings. The normalized spacial score (nSPS) is 16.6. The van der Waals surface area contributed by atoms with Crippen LogP contribution in [-0.4, -0.2) is 45.3 Å². The van der Waals surface area contributed by atoms with Gasteiger partial charge in [0.25, 0.3) is 5.56 Å². The number of carbonyl (C=O) groups is 1. The second-order valence-corrected chi connectivity index (χ2v) is 10.1. The maximum atomic E-state index is 13.2. The number of piperidine rings is 1. The third-order valence-electron chi connectivity index (χ3n) is 5.34. The number of rotatable bonds is 7. The molecule has 1 amide bonds. The van der Waals surface area contributed by atoms with Crippen molar-refractivity contribution in [2.24, 2.45) is 5.92 Å². The number of nitrogens with zero attached hydrogens (tertiary/aromatic N) is 4. The van der Waals surface area contributed by atoms with Crippen LogP contribution in [-0.2, 0) is 4.79 Å². The first kappa shape index (κ1) is 22.1. The summed E-state index contributed by atoms with van der Waals surface area (Å²) in [5, 5.41) is 4.39. The number of aromatic nitrogens is 3. The molecule has 1 N–H and O–H groups in total. The van der Waals surface area contributed by atoms with E-state index in [1.54, 1.807) is 4.57 Å².